The zero-order valence-corrected chi connectivity index (χ0v) is 36.8. The van der Waals surface area contributed by atoms with E-state index < -0.39 is 16.1 Å². The highest BCUT2D eigenvalue weighted by Gasteiger charge is 2.42. The average Bonchev–Trinajstić information content (AvgIpc) is 3.81. The lowest BCUT2D eigenvalue weighted by Crippen LogP contribution is -2.74. The zero-order chi connectivity index (χ0) is 40.5. The molecule has 0 bridgehead atoms. The third kappa shape index (κ3) is 5.80. The Hall–Kier alpha value is -6.21. The smallest absolute Gasteiger partial charge is 0.179 e. The van der Waals surface area contributed by atoms with Gasteiger partial charge in [-0.3, -0.25) is 0 Å². The van der Waals surface area contributed by atoms with E-state index in [0.717, 1.165) is 0 Å². The summed E-state index contributed by atoms with van der Waals surface area (Å²) in [7, 11) is -4.41. The van der Waals surface area contributed by atoms with E-state index in [1.54, 1.807) is 5.19 Å². The maximum Gasteiger partial charge on any atom is 0.179 e. The molecule has 8 aromatic carbocycles. The van der Waals surface area contributed by atoms with Crippen LogP contribution in [0.15, 0.2) is 200 Å². The van der Waals surface area contributed by atoms with Gasteiger partial charge in [0.05, 0.1) is 30.1 Å². The van der Waals surface area contributed by atoms with E-state index in [2.05, 4.69) is 230 Å². The van der Waals surface area contributed by atoms with E-state index in [1.807, 2.05) is 0 Å². The van der Waals surface area contributed by atoms with Gasteiger partial charge in [-0.15, -0.1) is 0 Å². The summed E-state index contributed by atoms with van der Waals surface area (Å²) in [6, 6.07) is 78.6. The van der Waals surface area contributed by atoms with Crippen molar-refractivity contribution in [2.45, 2.75) is 45.3 Å². The fourth-order valence-electron chi connectivity index (χ4n) is 10.7. The van der Waals surface area contributed by atoms with Gasteiger partial charge in [0.25, 0.3) is 0 Å². The molecule has 2 nitrogen and oxygen atoms in total. The van der Waals surface area contributed by atoms with Crippen molar-refractivity contribution < 1.29 is 0 Å². The molecule has 0 aliphatic carbocycles. The molecule has 3 heterocycles. The van der Waals surface area contributed by atoms with Crippen molar-refractivity contribution in [3.63, 3.8) is 0 Å². The summed E-state index contributed by atoms with van der Waals surface area (Å²) in [5.41, 5.74) is 7.83. The first-order valence-electron chi connectivity index (χ1n) is 21.7. The van der Waals surface area contributed by atoms with Crippen molar-refractivity contribution in [2.75, 3.05) is 0 Å². The molecule has 0 atom stereocenters. The van der Waals surface area contributed by atoms with Gasteiger partial charge < -0.3 is 9.13 Å². The first-order valence-corrected chi connectivity index (χ1v) is 26.6. The summed E-state index contributed by atoms with van der Waals surface area (Å²) in [6.45, 7) is 7.58. The normalized spacial score (nSPS) is 15.2. The number of rotatable bonds is 7. The lowest BCUT2D eigenvalue weighted by molar-refractivity contribution is 0.321. The Morgan fingerprint density at radius 1 is 0.400 bits per heavy atom. The molecular formula is C56H50N2Si2. The molecule has 1 saturated heterocycles. The largest absolute Gasteiger partial charge is 0.309 e. The van der Waals surface area contributed by atoms with Gasteiger partial charge in [-0.2, -0.15) is 0 Å². The van der Waals surface area contributed by atoms with Crippen molar-refractivity contribution in [2.24, 2.45) is 5.41 Å². The number of hydrogen-bond donors (Lipinski definition) is 0. The van der Waals surface area contributed by atoms with Crippen LogP contribution in [0.1, 0.15) is 26.7 Å². The zero-order valence-electron chi connectivity index (χ0n) is 34.8. The van der Waals surface area contributed by atoms with Crippen LogP contribution in [-0.2, 0) is 0 Å². The number of hydrogen-bond acceptors (Lipinski definition) is 0. The summed E-state index contributed by atoms with van der Waals surface area (Å²) in [6.07, 6.45) is 2.63. The third-order valence-corrected chi connectivity index (χ3v) is 23.3. The Morgan fingerprint density at radius 2 is 0.833 bits per heavy atom. The lowest BCUT2D eigenvalue weighted by atomic mass is 9.87. The molecule has 10 aromatic rings. The molecular weight excluding hydrogens is 757 g/mol. The molecule has 2 aromatic heterocycles. The summed E-state index contributed by atoms with van der Waals surface area (Å²) in [5.74, 6) is 0. The van der Waals surface area contributed by atoms with Crippen LogP contribution in [0.2, 0.25) is 18.6 Å². The van der Waals surface area contributed by atoms with E-state index >= 15 is 0 Å². The molecule has 1 aliphatic heterocycles. The van der Waals surface area contributed by atoms with Crippen molar-refractivity contribution in [3.05, 3.63) is 200 Å². The van der Waals surface area contributed by atoms with Gasteiger partial charge in [-0.1, -0.05) is 202 Å². The number of benzene rings is 8. The molecule has 0 saturated carbocycles. The minimum Gasteiger partial charge on any atom is -0.309 e. The van der Waals surface area contributed by atoms with Crippen molar-refractivity contribution in [1.29, 1.82) is 0 Å². The predicted octanol–water partition coefficient (Wildman–Crippen LogP) is 11.4. The first kappa shape index (κ1) is 36.8. The van der Waals surface area contributed by atoms with E-state index in [0.29, 0.717) is 5.41 Å². The Labute approximate surface area is 355 Å². The topological polar surface area (TPSA) is 9.86 Å². The Balaban J connectivity index is 1.18. The highest BCUT2D eigenvalue weighted by molar-refractivity contribution is 7.19. The highest BCUT2D eigenvalue weighted by atomic mass is 28.3. The molecule has 292 valence electrons. The van der Waals surface area contributed by atoms with Crippen LogP contribution in [0.5, 0.6) is 0 Å². The number of aromatic nitrogens is 2. The van der Waals surface area contributed by atoms with Gasteiger partial charge in [0, 0.05) is 32.9 Å². The van der Waals surface area contributed by atoms with Crippen LogP contribution < -0.4 is 25.9 Å². The van der Waals surface area contributed by atoms with Gasteiger partial charge >= 0.3 is 0 Å². The van der Waals surface area contributed by atoms with Crippen LogP contribution in [-0.4, -0.2) is 25.3 Å². The lowest BCUT2D eigenvalue weighted by Gasteiger charge is -2.40. The van der Waals surface area contributed by atoms with Gasteiger partial charge in [-0.05, 0) is 74.7 Å². The maximum absolute atomic E-state index is 2.74. The Kier molecular flexibility index (Phi) is 8.73. The van der Waals surface area contributed by atoms with E-state index in [4.69, 9.17) is 0 Å². The van der Waals surface area contributed by atoms with Gasteiger partial charge in [0.15, 0.2) is 8.07 Å². The molecule has 0 amide bonds. The SMILES string of the molecule is CC1(C)CC[Si](C)(c2ccc3c(c2)c2cc(-n4c5ccccc5c5ccccc54)ccc2n3-c2cccc([Si](c3ccccc3)(c3ccccc3)c3ccccc3)c2)CC1. The predicted molar refractivity (Wildman–Crippen MR) is 263 cm³/mol. The summed E-state index contributed by atoms with van der Waals surface area (Å²) < 4.78 is 5.03. The fraction of sp³-hybridized carbons (Fsp3) is 0.143. The second-order valence-corrected chi connectivity index (χ2v) is 26.8. The van der Waals surface area contributed by atoms with Crippen LogP contribution in [0.3, 0.4) is 0 Å². The van der Waals surface area contributed by atoms with Crippen LogP contribution in [0.25, 0.3) is 55.0 Å². The monoisotopic (exact) mass is 806 g/mol. The molecule has 60 heavy (non-hydrogen) atoms. The maximum atomic E-state index is 2.65. The fourth-order valence-corrected chi connectivity index (χ4v) is 19.8. The molecule has 1 aliphatic rings. The standard InChI is InChI=1S/C56H50N2Si2/c1-56(2)34-36-59(3,37-35-56)46-31-33-55-51(40-46)50-39-42(58-52-28-15-13-26-48(52)49-27-14-16-29-53(49)58)30-32-54(50)57(55)41-18-17-25-47(38-41)60(43-19-7-4-8-20-43,44-21-9-5-10-22-44)45-23-11-6-12-24-45/h4-33,38-40H,34-37H2,1-3H3. The number of para-hydroxylation sites is 2. The Morgan fingerprint density at radius 3 is 1.38 bits per heavy atom. The number of nitrogens with zero attached hydrogens (tertiary/aromatic N) is 2. The second kappa shape index (κ2) is 14.2. The minimum absolute atomic E-state index is 0.437. The number of fused-ring (bicyclic) bond motifs is 6. The van der Waals surface area contributed by atoms with E-state index in [9.17, 15) is 0 Å². The van der Waals surface area contributed by atoms with Crippen LogP contribution in [0.4, 0.5) is 0 Å². The molecule has 0 spiro atoms. The Bertz CT molecular complexity index is 3040. The van der Waals surface area contributed by atoms with Crippen molar-refractivity contribution >= 4 is 85.7 Å². The van der Waals surface area contributed by atoms with E-state index in [1.165, 1.54) is 101 Å². The summed E-state index contributed by atoms with van der Waals surface area (Å²) in [5, 5.41) is 12.4. The molecule has 0 N–H and O–H groups in total. The first-order chi connectivity index (χ1) is 29.3. The average molecular weight is 807 g/mol. The highest BCUT2D eigenvalue weighted by Crippen LogP contribution is 2.42. The van der Waals surface area contributed by atoms with Crippen molar-refractivity contribution in [3.8, 4) is 11.4 Å². The molecule has 0 unspecified atom stereocenters. The summed E-state index contributed by atoms with van der Waals surface area (Å²) in [4.78, 5) is 0. The van der Waals surface area contributed by atoms with Crippen molar-refractivity contribution in [1.82, 2.24) is 9.13 Å². The van der Waals surface area contributed by atoms with Gasteiger partial charge in [0.1, 0.15) is 0 Å². The minimum atomic E-state index is -2.74. The molecule has 4 heteroatoms. The molecule has 11 rings (SSSR count). The van der Waals surface area contributed by atoms with Crippen LogP contribution >= 0.6 is 0 Å². The quantitative estimate of drug-likeness (QED) is 0.112. The third-order valence-electron chi connectivity index (χ3n) is 14.1. The summed E-state index contributed by atoms with van der Waals surface area (Å²) >= 11 is 0. The molecule has 0 radical (unpaired) electrons. The van der Waals surface area contributed by atoms with Gasteiger partial charge in [0.2, 0.25) is 0 Å². The van der Waals surface area contributed by atoms with E-state index in [-0.39, 0.29) is 0 Å². The van der Waals surface area contributed by atoms with Crippen LogP contribution in [0, 0.1) is 5.41 Å². The second-order valence-electron chi connectivity index (χ2n) is 18.3. The molecule has 1 fully saturated rings. The van der Waals surface area contributed by atoms with Gasteiger partial charge in [-0.25, -0.2) is 0 Å².